The molecule has 0 spiro atoms. The number of benzene rings is 1. The predicted molar refractivity (Wildman–Crippen MR) is 149 cm³/mol. The van der Waals surface area contributed by atoms with E-state index in [4.69, 9.17) is 18.9 Å². The van der Waals surface area contributed by atoms with Crippen molar-refractivity contribution in [3.05, 3.63) is 40.1 Å². The fourth-order valence-electron chi connectivity index (χ4n) is 3.73. The highest BCUT2D eigenvalue weighted by Crippen LogP contribution is 2.35. The summed E-state index contributed by atoms with van der Waals surface area (Å²) in [5.41, 5.74) is 1.22. The lowest BCUT2D eigenvalue weighted by Crippen LogP contribution is -2.41. The normalized spacial score (nSPS) is 16.6. The topological polar surface area (TPSA) is 107 Å². The van der Waals surface area contributed by atoms with Gasteiger partial charge < -0.3 is 29.2 Å². The van der Waals surface area contributed by atoms with Gasteiger partial charge in [0.2, 0.25) is 0 Å². The molecule has 0 radical (unpaired) electrons. The molecular formula is C27H39N3O7S. The van der Waals surface area contributed by atoms with Crippen LogP contribution in [0.2, 0.25) is 0 Å². The summed E-state index contributed by atoms with van der Waals surface area (Å²) < 4.78 is 20.8. The Labute approximate surface area is 228 Å². The number of hydrogen-bond acceptors (Lipinski definition) is 8. The van der Waals surface area contributed by atoms with Crippen molar-refractivity contribution in [3.8, 4) is 5.75 Å². The van der Waals surface area contributed by atoms with Gasteiger partial charge in [0, 0.05) is 36.9 Å². The highest BCUT2D eigenvalue weighted by Gasteiger charge is 2.34. The largest absolute Gasteiger partial charge is 0.494 e. The number of nitrogens with zero attached hydrogens (tertiary/aromatic N) is 2. The molecule has 2 aliphatic rings. The Bertz CT molecular complexity index is 1060. The van der Waals surface area contributed by atoms with E-state index in [-0.39, 0.29) is 31.5 Å². The molecule has 0 bridgehead atoms. The lowest BCUT2D eigenvalue weighted by Gasteiger charge is -2.28. The summed E-state index contributed by atoms with van der Waals surface area (Å²) in [6, 6.07) is 8.88. The summed E-state index contributed by atoms with van der Waals surface area (Å²) in [6.45, 7) is 10.4. The second kappa shape index (κ2) is 16.0. The standard InChI is InChI=1S/C21H23N3O6S.C4H10O.C2H6/c1-13-3-6-18(31-13)20(26)22-10-15-11-24(21(27)30-15)16-5-4-14(9-17(16)28-2)23-7-8-29-12-19(23)25;1-3-4-5-2;1-2/h3-6,9,15H,7-8,10-12H2,1-2H3,(H,22,26);3-4H2,1-2H3;1-2H3. The molecule has 4 rings (SSSR count). The summed E-state index contributed by atoms with van der Waals surface area (Å²) in [5, 5.41) is 2.81. The third-order valence-corrected chi connectivity index (χ3v) is 6.49. The Morgan fingerprint density at radius 2 is 1.92 bits per heavy atom. The van der Waals surface area contributed by atoms with Gasteiger partial charge in [0.05, 0.1) is 37.4 Å². The minimum absolute atomic E-state index is 0.0426. The number of ether oxygens (including phenoxy) is 4. The Hall–Kier alpha value is -3.15. The van der Waals surface area contributed by atoms with E-state index in [1.54, 1.807) is 36.3 Å². The third kappa shape index (κ3) is 8.44. The van der Waals surface area contributed by atoms with Crippen molar-refractivity contribution in [3.63, 3.8) is 0 Å². The number of nitrogens with one attached hydrogen (secondary N) is 1. The van der Waals surface area contributed by atoms with Gasteiger partial charge in [-0.15, -0.1) is 11.3 Å². The van der Waals surface area contributed by atoms with Crippen molar-refractivity contribution < 1.29 is 33.3 Å². The highest BCUT2D eigenvalue weighted by molar-refractivity contribution is 7.13. The first-order valence-electron chi connectivity index (χ1n) is 12.8. The molecule has 2 aliphatic heterocycles. The maximum absolute atomic E-state index is 12.5. The molecule has 2 fully saturated rings. The molecule has 38 heavy (non-hydrogen) atoms. The summed E-state index contributed by atoms with van der Waals surface area (Å²) in [5.74, 6) is 0.135. The second-order valence-corrected chi connectivity index (χ2v) is 9.47. The number of carbonyl (C=O) groups is 3. The van der Waals surface area contributed by atoms with Crippen molar-refractivity contribution in [2.24, 2.45) is 0 Å². The number of hydrogen-bond donors (Lipinski definition) is 1. The quantitative estimate of drug-likeness (QED) is 0.525. The molecule has 2 saturated heterocycles. The zero-order chi connectivity index (χ0) is 28.1. The first-order chi connectivity index (χ1) is 18.4. The van der Waals surface area contributed by atoms with Crippen LogP contribution < -0.4 is 19.9 Å². The molecular weight excluding hydrogens is 510 g/mol. The van der Waals surface area contributed by atoms with Crippen molar-refractivity contribution in [2.45, 2.75) is 40.2 Å². The molecule has 0 aliphatic carbocycles. The average Bonchev–Trinajstić information content (AvgIpc) is 3.54. The van der Waals surface area contributed by atoms with Crippen LogP contribution in [0, 0.1) is 6.92 Å². The van der Waals surface area contributed by atoms with E-state index in [9.17, 15) is 14.4 Å². The van der Waals surface area contributed by atoms with Gasteiger partial charge in [0.15, 0.2) is 0 Å². The Balaban J connectivity index is 0.000000651. The second-order valence-electron chi connectivity index (χ2n) is 8.18. The number of carbonyl (C=O) groups excluding carboxylic acids is 3. The number of thiophene rings is 1. The summed E-state index contributed by atoms with van der Waals surface area (Å²) in [7, 11) is 3.22. The Morgan fingerprint density at radius 1 is 1.16 bits per heavy atom. The number of rotatable bonds is 8. The summed E-state index contributed by atoms with van der Waals surface area (Å²) in [6.07, 6.45) is 0.124. The number of cyclic esters (lactones) is 1. The van der Waals surface area contributed by atoms with Gasteiger partial charge in [-0.25, -0.2) is 4.79 Å². The smallest absolute Gasteiger partial charge is 0.414 e. The summed E-state index contributed by atoms with van der Waals surface area (Å²) >= 11 is 1.41. The Kier molecular flexibility index (Phi) is 13.0. The van der Waals surface area contributed by atoms with Crippen molar-refractivity contribution in [1.29, 1.82) is 0 Å². The van der Waals surface area contributed by atoms with Crippen LogP contribution in [0.1, 0.15) is 41.7 Å². The molecule has 2 aromatic rings. The predicted octanol–water partition coefficient (Wildman–Crippen LogP) is 4.25. The number of anilines is 2. The maximum Gasteiger partial charge on any atom is 0.414 e. The molecule has 1 N–H and O–H groups in total. The van der Waals surface area contributed by atoms with Crippen molar-refractivity contribution >= 4 is 40.6 Å². The monoisotopic (exact) mass is 549 g/mol. The molecule has 1 atom stereocenters. The molecule has 1 unspecified atom stereocenters. The zero-order valence-electron chi connectivity index (χ0n) is 23.1. The lowest BCUT2D eigenvalue weighted by molar-refractivity contribution is -0.125. The number of methoxy groups -OCH3 is 2. The minimum atomic E-state index is -0.514. The minimum Gasteiger partial charge on any atom is -0.494 e. The van der Waals surface area contributed by atoms with Gasteiger partial charge in [0.25, 0.3) is 11.8 Å². The number of amides is 3. The van der Waals surface area contributed by atoms with Crippen LogP contribution in [-0.2, 0) is 19.0 Å². The van der Waals surface area contributed by atoms with Crippen LogP contribution in [0.4, 0.5) is 16.2 Å². The number of morpholine rings is 1. The van der Waals surface area contributed by atoms with E-state index in [1.165, 1.54) is 23.3 Å². The maximum atomic E-state index is 12.5. The van der Waals surface area contributed by atoms with Crippen molar-refractivity contribution in [1.82, 2.24) is 5.32 Å². The molecule has 1 aromatic heterocycles. The van der Waals surface area contributed by atoms with E-state index in [0.717, 1.165) is 17.9 Å². The van der Waals surface area contributed by atoms with Gasteiger partial charge in [-0.05, 0) is 37.6 Å². The summed E-state index contributed by atoms with van der Waals surface area (Å²) in [4.78, 5) is 41.6. The molecule has 210 valence electrons. The molecule has 0 saturated carbocycles. The van der Waals surface area contributed by atoms with E-state index in [2.05, 4.69) is 12.2 Å². The molecule has 3 amide bonds. The van der Waals surface area contributed by atoms with Crippen LogP contribution in [0.3, 0.4) is 0 Å². The molecule has 3 heterocycles. The van der Waals surface area contributed by atoms with Gasteiger partial charge in [-0.1, -0.05) is 20.8 Å². The van der Waals surface area contributed by atoms with Crippen LogP contribution in [0.5, 0.6) is 5.75 Å². The fraction of sp³-hybridized carbons (Fsp3) is 0.519. The third-order valence-electron chi connectivity index (χ3n) is 5.49. The highest BCUT2D eigenvalue weighted by atomic mass is 32.1. The molecule has 1 aromatic carbocycles. The van der Waals surface area contributed by atoms with E-state index in [0.29, 0.717) is 35.2 Å². The van der Waals surface area contributed by atoms with E-state index in [1.807, 2.05) is 26.8 Å². The molecule has 11 heteroatoms. The van der Waals surface area contributed by atoms with Gasteiger partial charge >= 0.3 is 6.09 Å². The first-order valence-corrected chi connectivity index (χ1v) is 13.6. The molecule has 10 nitrogen and oxygen atoms in total. The fourth-order valence-corrected chi connectivity index (χ4v) is 4.51. The van der Waals surface area contributed by atoms with Crippen LogP contribution in [0.25, 0.3) is 0 Å². The first kappa shape index (κ1) is 31.1. The number of aryl methyl sites for hydroxylation is 1. The SMILES string of the molecule is CC.CCCOC.COc1cc(N2CCOCC2=O)ccc1N1CC(CNC(=O)c2ccc(C)s2)OC1=O. The van der Waals surface area contributed by atoms with Gasteiger partial charge in [-0.2, -0.15) is 0 Å². The zero-order valence-corrected chi connectivity index (χ0v) is 23.9. The Morgan fingerprint density at radius 3 is 2.50 bits per heavy atom. The van der Waals surface area contributed by atoms with Crippen LogP contribution in [-0.4, -0.2) is 77.7 Å². The van der Waals surface area contributed by atoms with Gasteiger partial charge in [-0.3, -0.25) is 14.5 Å². The van der Waals surface area contributed by atoms with Gasteiger partial charge in [0.1, 0.15) is 18.5 Å². The van der Waals surface area contributed by atoms with Crippen LogP contribution >= 0.6 is 11.3 Å². The van der Waals surface area contributed by atoms with E-state index >= 15 is 0 Å². The lowest BCUT2D eigenvalue weighted by atomic mass is 10.2. The van der Waals surface area contributed by atoms with Crippen LogP contribution in [0.15, 0.2) is 30.3 Å². The average molecular weight is 550 g/mol. The van der Waals surface area contributed by atoms with E-state index < -0.39 is 12.2 Å². The van der Waals surface area contributed by atoms with Crippen molar-refractivity contribution in [2.75, 3.05) is 63.5 Å².